The van der Waals surface area contributed by atoms with Crippen molar-refractivity contribution in [2.24, 2.45) is 0 Å². The summed E-state index contributed by atoms with van der Waals surface area (Å²) in [6.07, 6.45) is -4.60. The summed E-state index contributed by atoms with van der Waals surface area (Å²) in [4.78, 5) is 12.4. The Labute approximate surface area is 173 Å². The molecular formula is C18H18ClF4N5O2. The number of amides is 1. The molecule has 12 heteroatoms. The highest BCUT2D eigenvalue weighted by atomic mass is 35.5. The predicted molar refractivity (Wildman–Crippen MR) is 98.7 cm³/mol. The quantitative estimate of drug-likeness (QED) is 0.505. The number of carbonyl (C=O) groups excluding carboxylic acids is 1. The minimum Gasteiger partial charge on any atom is -0.454 e. The van der Waals surface area contributed by atoms with Crippen molar-refractivity contribution in [3.63, 3.8) is 0 Å². The second-order valence-electron chi connectivity index (χ2n) is 6.38. The van der Waals surface area contributed by atoms with Gasteiger partial charge in [0.2, 0.25) is 0 Å². The molecule has 1 amide bonds. The summed E-state index contributed by atoms with van der Waals surface area (Å²) in [5.41, 5.74) is -0.974. The molecule has 0 spiro atoms. The Morgan fingerprint density at radius 1 is 1.20 bits per heavy atom. The van der Waals surface area contributed by atoms with Crippen LogP contribution in [0.3, 0.4) is 0 Å². The fourth-order valence-electron chi connectivity index (χ4n) is 2.99. The van der Waals surface area contributed by atoms with Gasteiger partial charge < -0.3 is 9.73 Å². The van der Waals surface area contributed by atoms with E-state index in [4.69, 9.17) is 16.0 Å². The number of halogens is 5. The fraction of sp³-hybridized carbons (Fsp3) is 0.389. The maximum atomic E-state index is 13.2. The molecule has 162 valence electrons. The van der Waals surface area contributed by atoms with Crippen molar-refractivity contribution < 1.29 is 26.8 Å². The summed E-state index contributed by atoms with van der Waals surface area (Å²) in [5.74, 6) is -0.517. The van der Waals surface area contributed by atoms with Gasteiger partial charge in [0.15, 0.2) is 5.76 Å². The van der Waals surface area contributed by atoms with E-state index in [0.717, 1.165) is 5.69 Å². The highest BCUT2D eigenvalue weighted by Gasteiger charge is 2.28. The van der Waals surface area contributed by atoms with Gasteiger partial charge in [-0.05, 0) is 32.0 Å². The lowest BCUT2D eigenvalue weighted by Crippen LogP contribution is -2.28. The molecule has 0 aliphatic carbocycles. The number of hydrogen-bond donors (Lipinski definition) is 1. The van der Waals surface area contributed by atoms with Crippen LogP contribution >= 0.6 is 11.6 Å². The molecule has 3 aromatic rings. The van der Waals surface area contributed by atoms with Gasteiger partial charge in [0.1, 0.15) is 17.1 Å². The number of aromatic nitrogens is 4. The van der Waals surface area contributed by atoms with Crippen molar-refractivity contribution in [2.45, 2.75) is 45.8 Å². The van der Waals surface area contributed by atoms with Gasteiger partial charge >= 0.3 is 0 Å². The van der Waals surface area contributed by atoms with E-state index in [1.54, 1.807) is 23.9 Å². The molecule has 7 nitrogen and oxygen atoms in total. The molecule has 3 aromatic heterocycles. The van der Waals surface area contributed by atoms with Crippen molar-refractivity contribution in [1.82, 2.24) is 24.9 Å². The Bertz CT molecular complexity index is 1030. The molecule has 0 saturated heterocycles. The summed E-state index contributed by atoms with van der Waals surface area (Å²) >= 11 is 5.63. The molecule has 0 aliphatic rings. The van der Waals surface area contributed by atoms with Crippen LogP contribution in [0.25, 0.3) is 0 Å². The lowest BCUT2D eigenvalue weighted by molar-refractivity contribution is 0.0907. The number of aryl methyl sites for hydroxylation is 1. The van der Waals surface area contributed by atoms with E-state index in [1.807, 2.05) is 6.92 Å². The monoisotopic (exact) mass is 447 g/mol. The second kappa shape index (κ2) is 8.90. The molecular weight excluding hydrogens is 430 g/mol. The Hall–Kier alpha value is -2.82. The van der Waals surface area contributed by atoms with Crippen molar-refractivity contribution >= 4 is 17.5 Å². The average molecular weight is 448 g/mol. The van der Waals surface area contributed by atoms with Crippen LogP contribution in [0, 0.1) is 0 Å². The molecule has 30 heavy (non-hydrogen) atoms. The van der Waals surface area contributed by atoms with Crippen LogP contribution in [-0.4, -0.2) is 25.5 Å². The molecule has 0 saturated carbocycles. The lowest BCUT2D eigenvalue weighted by Gasteiger charge is -2.14. The molecule has 3 heterocycles. The second-order valence-corrected chi connectivity index (χ2v) is 6.75. The normalized spacial score (nSPS) is 12.7. The zero-order chi connectivity index (χ0) is 22.0. The Morgan fingerprint density at radius 2 is 1.93 bits per heavy atom. The molecule has 0 radical (unpaired) electrons. The molecule has 3 rings (SSSR count). The van der Waals surface area contributed by atoms with Gasteiger partial charge in [0, 0.05) is 12.7 Å². The predicted octanol–water partition coefficient (Wildman–Crippen LogP) is 4.76. The van der Waals surface area contributed by atoms with E-state index >= 15 is 0 Å². The van der Waals surface area contributed by atoms with Crippen molar-refractivity contribution in [1.29, 1.82) is 0 Å². The molecule has 0 fully saturated rings. The highest BCUT2D eigenvalue weighted by Crippen LogP contribution is 2.35. The van der Waals surface area contributed by atoms with Crippen molar-refractivity contribution in [3.05, 3.63) is 58.0 Å². The highest BCUT2D eigenvalue weighted by molar-refractivity contribution is 6.32. The Balaban J connectivity index is 1.75. The topological polar surface area (TPSA) is 77.9 Å². The number of nitrogens with one attached hydrogen (secondary N) is 1. The van der Waals surface area contributed by atoms with Gasteiger partial charge in [0.05, 0.1) is 23.3 Å². The first kappa shape index (κ1) is 21.9. The van der Waals surface area contributed by atoms with Crippen LogP contribution in [0.15, 0.2) is 28.8 Å². The third-order valence-corrected chi connectivity index (χ3v) is 4.79. The van der Waals surface area contributed by atoms with E-state index < -0.39 is 41.7 Å². The first-order valence-corrected chi connectivity index (χ1v) is 9.34. The molecule has 0 aliphatic heterocycles. The minimum atomic E-state index is -3.11. The van der Waals surface area contributed by atoms with E-state index in [1.165, 1.54) is 12.1 Å². The molecule has 1 N–H and O–H groups in total. The third kappa shape index (κ3) is 4.35. The van der Waals surface area contributed by atoms with Crippen LogP contribution in [-0.2, 0) is 13.1 Å². The van der Waals surface area contributed by atoms with Crippen molar-refractivity contribution in [3.8, 4) is 0 Å². The van der Waals surface area contributed by atoms with Crippen LogP contribution in [0.4, 0.5) is 17.6 Å². The van der Waals surface area contributed by atoms with E-state index in [0.29, 0.717) is 11.2 Å². The fourth-order valence-corrected chi connectivity index (χ4v) is 3.29. The molecule has 1 atom stereocenters. The number of carbonyl (C=O) groups is 1. The minimum absolute atomic E-state index is 0.0645. The zero-order valence-electron chi connectivity index (χ0n) is 16.0. The molecule has 1 unspecified atom stereocenters. The average Bonchev–Trinajstić information content (AvgIpc) is 3.40. The third-order valence-electron chi connectivity index (χ3n) is 4.40. The smallest absolute Gasteiger partial charge is 0.287 e. The van der Waals surface area contributed by atoms with Crippen LogP contribution in [0.2, 0.25) is 5.02 Å². The van der Waals surface area contributed by atoms with Crippen LogP contribution in [0.5, 0.6) is 0 Å². The lowest BCUT2D eigenvalue weighted by atomic mass is 10.2. The molecule has 0 aromatic carbocycles. The summed E-state index contributed by atoms with van der Waals surface area (Å²) in [7, 11) is 0. The first-order chi connectivity index (χ1) is 14.2. The SMILES string of the molecule is CCn1nccc1C(C)NC(=O)c1ccc(Cn2nc(C(F)F)c(Cl)c2C(F)F)o1. The number of rotatable bonds is 8. The number of hydrogen-bond acceptors (Lipinski definition) is 4. The first-order valence-electron chi connectivity index (χ1n) is 8.96. The van der Waals surface area contributed by atoms with Crippen LogP contribution < -0.4 is 5.32 Å². The maximum absolute atomic E-state index is 13.2. The zero-order valence-corrected chi connectivity index (χ0v) is 16.7. The standard InChI is InChI=1S/C18H18ClF4N5O2/c1-3-27-11(6-7-24-27)9(2)25-18(29)12-5-4-10(30-12)8-28-15(17(22)23)13(19)14(26-28)16(20)21/h4-7,9,16-17H,3,8H2,1-2H3,(H,25,29). The molecule has 0 bridgehead atoms. The maximum Gasteiger partial charge on any atom is 0.287 e. The van der Waals surface area contributed by atoms with Gasteiger partial charge in [-0.1, -0.05) is 11.6 Å². The summed E-state index contributed by atoms with van der Waals surface area (Å²) < 4.78 is 60.2. The van der Waals surface area contributed by atoms with E-state index in [2.05, 4.69) is 15.5 Å². The van der Waals surface area contributed by atoms with E-state index in [9.17, 15) is 22.4 Å². The largest absolute Gasteiger partial charge is 0.454 e. The summed E-state index contributed by atoms with van der Waals surface area (Å²) in [5, 5.41) is 9.57. The number of alkyl halides is 4. The van der Waals surface area contributed by atoms with Gasteiger partial charge in [-0.15, -0.1) is 0 Å². The van der Waals surface area contributed by atoms with Gasteiger partial charge in [0.25, 0.3) is 18.8 Å². The Kier molecular flexibility index (Phi) is 6.49. The van der Waals surface area contributed by atoms with Gasteiger partial charge in [-0.3, -0.25) is 14.2 Å². The van der Waals surface area contributed by atoms with Gasteiger partial charge in [-0.25, -0.2) is 17.6 Å². The summed E-state index contributed by atoms with van der Waals surface area (Å²) in [6, 6.07) is 4.14. The number of nitrogens with zero attached hydrogens (tertiary/aromatic N) is 4. The summed E-state index contributed by atoms with van der Waals surface area (Å²) in [6.45, 7) is 3.93. The van der Waals surface area contributed by atoms with Crippen molar-refractivity contribution in [2.75, 3.05) is 0 Å². The number of furan rings is 1. The van der Waals surface area contributed by atoms with Crippen LogP contribution in [0.1, 0.15) is 66.1 Å². The van der Waals surface area contributed by atoms with E-state index in [-0.39, 0.29) is 17.6 Å². The van der Waals surface area contributed by atoms with Gasteiger partial charge in [-0.2, -0.15) is 10.2 Å². The Morgan fingerprint density at radius 3 is 2.57 bits per heavy atom.